The average molecular weight is 773 g/mol. The number of aryl methyl sites for hydroxylation is 1. The molecule has 10 nitrogen and oxygen atoms in total. The van der Waals surface area contributed by atoms with Crippen molar-refractivity contribution >= 4 is 11.6 Å². The third kappa shape index (κ3) is 10.8. The fourth-order valence-electron chi connectivity index (χ4n) is 8.23. The van der Waals surface area contributed by atoms with E-state index < -0.39 is 12.1 Å². The third-order valence-corrected chi connectivity index (χ3v) is 11.5. The van der Waals surface area contributed by atoms with Gasteiger partial charge in [0.2, 0.25) is 0 Å². The van der Waals surface area contributed by atoms with Crippen molar-refractivity contribution in [3.05, 3.63) is 124 Å². The van der Waals surface area contributed by atoms with Crippen molar-refractivity contribution in [3.63, 3.8) is 0 Å². The highest BCUT2D eigenvalue weighted by Crippen LogP contribution is 2.44. The number of aliphatic hydroxyl groups excluding tert-OH is 1. The van der Waals surface area contributed by atoms with E-state index in [1.54, 1.807) is 42.6 Å². The number of aliphatic hydroxyl groups is 1. The Labute approximate surface area is 335 Å². The fourth-order valence-corrected chi connectivity index (χ4v) is 8.23. The summed E-state index contributed by atoms with van der Waals surface area (Å²) in [7, 11) is 1.96. The predicted octanol–water partition coefficient (Wildman–Crippen LogP) is 6.64. The normalized spacial score (nSPS) is 19.3. The Hall–Kier alpha value is -5.18. The van der Waals surface area contributed by atoms with Crippen LogP contribution in [0.1, 0.15) is 119 Å². The molecule has 1 heterocycles. The van der Waals surface area contributed by atoms with E-state index in [0.717, 1.165) is 67.5 Å². The van der Waals surface area contributed by atoms with Gasteiger partial charge in [-0.05, 0) is 116 Å². The molecule has 0 bridgehead atoms. The number of allylic oxidation sites excluding steroid dienone is 2. The van der Waals surface area contributed by atoms with Gasteiger partial charge in [-0.15, -0.1) is 0 Å². The number of phenols is 2. The second-order valence-corrected chi connectivity index (χ2v) is 15.7. The van der Waals surface area contributed by atoms with Crippen molar-refractivity contribution in [2.24, 2.45) is 16.9 Å². The molecule has 3 aromatic carbocycles. The molecular weight excluding hydrogens is 717 g/mol. The molecule has 1 saturated carbocycles. The quantitative estimate of drug-likeness (QED) is 0.0268. The summed E-state index contributed by atoms with van der Waals surface area (Å²) in [5.74, 6) is 6.32. The minimum atomic E-state index is -0.692. The van der Waals surface area contributed by atoms with Crippen molar-refractivity contribution in [2.75, 3.05) is 20.2 Å². The number of hydrogen-bond acceptors (Lipinski definition) is 9. The summed E-state index contributed by atoms with van der Waals surface area (Å²) in [4.78, 5) is 29.9. The number of nitrogens with two attached hydrogens (primary N) is 2. The summed E-state index contributed by atoms with van der Waals surface area (Å²) in [5.41, 5.74) is 17.8. The Morgan fingerprint density at radius 1 is 1.02 bits per heavy atom. The van der Waals surface area contributed by atoms with Crippen LogP contribution in [0.15, 0.2) is 79.0 Å². The Bertz CT molecular complexity index is 2130. The number of unbranched alkanes of at least 4 members (excludes halogenated alkanes) is 2. The number of fused-ring (bicyclic) bond motifs is 2. The number of ether oxygens (including phenoxy) is 1. The zero-order chi connectivity index (χ0) is 40.4. The molecule has 0 unspecified atom stereocenters. The average Bonchev–Trinajstić information content (AvgIpc) is 3.83. The van der Waals surface area contributed by atoms with Crippen LogP contribution in [0.4, 0.5) is 0 Å². The minimum Gasteiger partial charge on any atom is -0.508 e. The van der Waals surface area contributed by atoms with Crippen LogP contribution in [0, 0.1) is 17.3 Å². The molecule has 3 atom stereocenters. The van der Waals surface area contributed by atoms with Gasteiger partial charge in [-0.3, -0.25) is 9.59 Å². The number of Topliss-reactive ketones (excluding diaryl/α,β-unsaturated/α-hetero) is 1. The summed E-state index contributed by atoms with van der Waals surface area (Å²) in [6, 6.07) is 17.9. The number of phenolic OH excluding ortho intramolecular Hbond substituents is 2. The van der Waals surface area contributed by atoms with Gasteiger partial charge in [-0.1, -0.05) is 61.1 Å². The standard InChI is InChI=1S/C47H56N4O6/c1-50-23-4-2-3-20-47(22-17-36(53)30-47)21-16-35(52)12-8-31-10-15-43(55)45(27-31)57-25-19-32-9-14-42(54)40(26-32)39-29-44(56)38-18-24-51-41(38)7-5-6-33-28-34(46(48)49)11-13-37(33)39/h9-11,13-16,18,21,24,26-28,36,39,46,50-51,53-55H,2-4,7-8,12,17,19-20,22-23,25,29-30,48-49H2,1H3/b21-16+/t36-,39+,47-/m1/s1. The van der Waals surface area contributed by atoms with E-state index in [2.05, 4.69) is 28.2 Å². The number of carbonyl (C=O) groups is 2. The van der Waals surface area contributed by atoms with Crippen LogP contribution in [0.5, 0.6) is 17.2 Å². The Morgan fingerprint density at radius 2 is 1.82 bits per heavy atom. The highest BCUT2D eigenvalue weighted by Gasteiger charge is 2.36. The molecule has 0 saturated heterocycles. The Morgan fingerprint density at radius 3 is 2.60 bits per heavy atom. The number of rotatable bonds is 17. The molecule has 2 aliphatic rings. The van der Waals surface area contributed by atoms with Gasteiger partial charge in [0.25, 0.3) is 0 Å². The first-order chi connectivity index (χ1) is 27.5. The van der Waals surface area contributed by atoms with E-state index in [0.29, 0.717) is 60.1 Å². The van der Waals surface area contributed by atoms with Crippen molar-refractivity contribution in [3.8, 4) is 29.1 Å². The number of carbonyl (C=O) groups excluding carboxylic acids is 2. The maximum absolute atomic E-state index is 13.7. The van der Waals surface area contributed by atoms with Gasteiger partial charge >= 0.3 is 0 Å². The van der Waals surface area contributed by atoms with E-state index in [1.807, 2.05) is 37.4 Å². The molecule has 10 heteroatoms. The van der Waals surface area contributed by atoms with Gasteiger partial charge in [-0.25, -0.2) is 0 Å². The third-order valence-electron chi connectivity index (χ3n) is 11.5. The number of H-pyrrole nitrogens is 1. The molecule has 9 N–H and O–H groups in total. The molecule has 0 spiro atoms. The number of benzene rings is 3. The van der Waals surface area contributed by atoms with Crippen LogP contribution in [-0.2, 0) is 24.1 Å². The molecular formula is C47H56N4O6. The lowest BCUT2D eigenvalue weighted by molar-refractivity contribution is -0.114. The maximum Gasteiger partial charge on any atom is 0.165 e. The van der Waals surface area contributed by atoms with Crippen LogP contribution in [0.3, 0.4) is 0 Å². The Kier molecular flexibility index (Phi) is 14.0. The predicted molar refractivity (Wildman–Crippen MR) is 222 cm³/mol. The summed E-state index contributed by atoms with van der Waals surface area (Å²) < 4.78 is 6.07. The Balaban J connectivity index is 1.11. The fraction of sp³-hybridized carbons (Fsp3) is 0.404. The molecule has 2 aliphatic carbocycles. The molecule has 4 aromatic rings. The van der Waals surface area contributed by atoms with Crippen LogP contribution < -0.4 is 21.5 Å². The second-order valence-electron chi connectivity index (χ2n) is 15.7. The lowest BCUT2D eigenvalue weighted by atomic mass is 9.80. The number of aromatic amines is 1. The first-order valence-electron chi connectivity index (χ1n) is 20.2. The van der Waals surface area contributed by atoms with Crippen molar-refractivity contribution in [2.45, 2.75) is 95.2 Å². The molecule has 0 aliphatic heterocycles. The zero-order valence-corrected chi connectivity index (χ0v) is 32.9. The molecule has 300 valence electrons. The van der Waals surface area contributed by atoms with Crippen molar-refractivity contribution in [1.29, 1.82) is 0 Å². The van der Waals surface area contributed by atoms with E-state index in [1.165, 1.54) is 0 Å². The molecule has 6 rings (SSSR count). The van der Waals surface area contributed by atoms with Crippen LogP contribution >= 0.6 is 0 Å². The summed E-state index contributed by atoms with van der Waals surface area (Å²) in [5, 5.41) is 35.3. The number of aromatic hydroxyl groups is 2. The molecule has 0 radical (unpaired) electrons. The number of nitrogens with one attached hydrogen (secondary N) is 2. The van der Waals surface area contributed by atoms with Crippen molar-refractivity contribution in [1.82, 2.24) is 10.3 Å². The van der Waals surface area contributed by atoms with E-state index >= 15 is 0 Å². The van der Waals surface area contributed by atoms with E-state index in [-0.39, 0.29) is 47.6 Å². The van der Waals surface area contributed by atoms with Gasteiger partial charge < -0.3 is 41.8 Å². The second kappa shape index (κ2) is 19.3. The number of aromatic nitrogens is 1. The van der Waals surface area contributed by atoms with Crippen LogP contribution in [-0.4, -0.2) is 58.2 Å². The minimum absolute atomic E-state index is 0.00578. The van der Waals surface area contributed by atoms with Gasteiger partial charge in [0.1, 0.15) is 5.75 Å². The number of hydrogen-bond donors (Lipinski definition) is 7. The molecule has 57 heavy (non-hydrogen) atoms. The summed E-state index contributed by atoms with van der Waals surface area (Å²) >= 11 is 0. The molecule has 1 aromatic heterocycles. The lowest BCUT2D eigenvalue weighted by Crippen LogP contribution is -2.20. The van der Waals surface area contributed by atoms with Gasteiger partial charge in [0.15, 0.2) is 23.1 Å². The van der Waals surface area contributed by atoms with E-state index in [4.69, 9.17) is 16.2 Å². The highest BCUT2D eigenvalue weighted by molar-refractivity contribution is 5.98. The van der Waals surface area contributed by atoms with Crippen LogP contribution in [0.2, 0.25) is 0 Å². The van der Waals surface area contributed by atoms with Gasteiger partial charge in [-0.2, -0.15) is 0 Å². The molecule has 1 fully saturated rings. The molecule has 0 amide bonds. The van der Waals surface area contributed by atoms with Gasteiger partial charge in [0.05, 0.1) is 25.3 Å². The van der Waals surface area contributed by atoms with Crippen molar-refractivity contribution < 1.29 is 29.6 Å². The largest absolute Gasteiger partial charge is 0.508 e. The summed E-state index contributed by atoms with van der Waals surface area (Å²) in [6.45, 7) is 1.23. The van der Waals surface area contributed by atoms with E-state index in [9.17, 15) is 24.9 Å². The lowest BCUT2D eigenvalue weighted by Gasteiger charge is -2.25. The monoisotopic (exact) mass is 772 g/mol. The van der Waals surface area contributed by atoms with Crippen LogP contribution in [0.25, 0.3) is 0 Å². The zero-order valence-electron chi connectivity index (χ0n) is 32.9. The first-order valence-corrected chi connectivity index (χ1v) is 20.2. The maximum atomic E-state index is 13.7. The first kappa shape index (κ1) is 41.5. The smallest absolute Gasteiger partial charge is 0.165 e. The summed E-state index contributed by atoms with van der Waals surface area (Å²) in [6.07, 6.45) is 12.9. The SMILES string of the molecule is CNCCCCC[C@@]1(/C=C/C(=O)CCc2ccc(O)c(OCCc3ccc(O)c([C@H]4CC(=O)c5cc[nH]c5CC#Cc5cc(C(N)N)ccc54)c3)c2)CC[C@@H](O)C1. The number of ketones is 2. The topological polar surface area (TPSA) is 184 Å². The van der Waals surface area contributed by atoms with Gasteiger partial charge in [0, 0.05) is 53.8 Å². The highest BCUT2D eigenvalue weighted by atomic mass is 16.5.